The normalized spacial score (nSPS) is 10.3. The maximum atomic E-state index is 11.8. The smallest absolute Gasteiger partial charge is 0.307 e. The first-order valence-electron chi connectivity index (χ1n) is 6.24. The summed E-state index contributed by atoms with van der Waals surface area (Å²) in [5.41, 5.74) is 0.662. The SMILES string of the molecule is CCOC(=O)CCNCC(=O)Nc1c(Br)cc(Br)cc1Br. The van der Waals surface area contributed by atoms with Crippen molar-refractivity contribution in [1.82, 2.24) is 5.32 Å². The standard InChI is InChI=1S/C13H15Br3N2O3/c1-2-21-12(20)3-4-17-7-11(19)18-13-9(15)5-8(14)6-10(13)16/h5-6,17H,2-4,7H2,1H3,(H,18,19). The summed E-state index contributed by atoms with van der Waals surface area (Å²) >= 11 is 10.1. The molecule has 0 saturated carbocycles. The Morgan fingerprint density at radius 3 is 2.38 bits per heavy atom. The van der Waals surface area contributed by atoms with Crippen LogP contribution in [0.3, 0.4) is 0 Å². The van der Waals surface area contributed by atoms with Gasteiger partial charge in [-0.25, -0.2) is 0 Å². The molecule has 21 heavy (non-hydrogen) atoms. The second kappa shape index (κ2) is 9.55. The largest absolute Gasteiger partial charge is 0.466 e. The van der Waals surface area contributed by atoms with Gasteiger partial charge < -0.3 is 15.4 Å². The minimum absolute atomic E-state index is 0.119. The fraction of sp³-hybridized carbons (Fsp3) is 0.385. The van der Waals surface area contributed by atoms with Crippen LogP contribution in [0.4, 0.5) is 5.69 Å². The fourth-order valence-electron chi connectivity index (χ4n) is 1.47. The van der Waals surface area contributed by atoms with E-state index in [4.69, 9.17) is 4.74 Å². The lowest BCUT2D eigenvalue weighted by molar-refractivity contribution is -0.143. The Morgan fingerprint density at radius 1 is 1.19 bits per heavy atom. The molecule has 1 rings (SSSR count). The van der Waals surface area contributed by atoms with E-state index >= 15 is 0 Å². The van der Waals surface area contributed by atoms with E-state index in [0.717, 1.165) is 13.4 Å². The lowest BCUT2D eigenvalue weighted by Crippen LogP contribution is -2.30. The molecule has 0 heterocycles. The zero-order valence-corrected chi connectivity index (χ0v) is 16.1. The number of halogens is 3. The summed E-state index contributed by atoms with van der Waals surface area (Å²) in [6.45, 7) is 2.64. The van der Waals surface area contributed by atoms with Crippen LogP contribution in [0.15, 0.2) is 25.6 Å². The van der Waals surface area contributed by atoms with Crippen molar-refractivity contribution in [1.29, 1.82) is 0 Å². The lowest BCUT2D eigenvalue weighted by atomic mass is 10.3. The molecule has 0 unspecified atom stereocenters. The Bertz CT molecular complexity index is 500. The average Bonchev–Trinajstić information content (AvgIpc) is 2.39. The Balaban J connectivity index is 2.39. The Kier molecular flexibility index (Phi) is 8.46. The van der Waals surface area contributed by atoms with Crippen molar-refractivity contribution >= 4 is 65.4 Å². The van der Waals surface area contributed by atoms with Gasteiger partial charge in [-0.15, -0.1) is 0 Å². The van der Waals surface area contributed by atoms with Crippen LogP contribution in [0.2, 0.25) is 0 Å². The van der Waals surface area contributed by atoms with Crippen molar-refractivity contribution in [2.45, 2.75) is 13.3 Å². The highest BCUT2D eigenvalue weighted by Crippen LogP contribution is 2.34. The lowest BCUT2D eigenvalue weighted by Gasteiger charge is -2.11. The number of carbonyl (C=O) groups excluding carboxylic acids is 2. The molecule has 5 nitrogen and oxygen atoms in total. The van der Waals surface area contributed by atoms with Gasteiger partial charge in [-0.05, 0) is 50.9 Å². The summed E-state index contributed by atoms with van der Waals surface area (Å²) < 4.78 is 7.22. The molecule has 0 aliphatic rings. The number of amides is 1. The van der Waals surface area contributed by atoms with E-state index < -0.39 is 0 Å². The van der Waals surface area contributed by atoms with Gasteiger partial charge in [-0.1, -0.05) is 15.9 Å². The van der Waals surface area contributed by atoms with Crippen LogP contribution in [0.1, 0.15) is 13.3 Å². The van der Waals surface area contributed by atoms with Gasteiger partial charge in [-0.3, -0.25) is 9.59 Å². The number of benzene rings is 1. The topological polar surface area (TPSA) is 67.4 Å². The fourth-order valence-corrected chi connectivity index (χ4v) is 3.93. The van der Waals surface area contributed by atoms with E-state index in [0.29, 0.717) is 18.8 Å². The predicted molar refractivity (Wildman–Crippen MR) is 92.3 cm³/mol. The molecule has 2 N–H and O–H groups in total. The van der Waals surface area contributed by atoms with Crippen LogP contribution in [0, 0.1) is 0 Å². The molecule has 0 aliphatic heterocycles. The van der Waals surface area contributed by atoms with Gasteiger partial charge in [0.05, 0.1) is 25.3 Å². The van der Waals surface area contributed by atoms with Crippen molar-refractivity contribution in [3.8, 4) is 0 Å². The van der Waals surface area contributed by atoms with E-state index in [9.17, 15) is 9.59 Å². The summed E-state index contributed by atoms with van der Waals surface area (Å²) in [4.78, 5) is 22.9. The summed E-state index contributed by atoms with van der Waals surface area (Å²) in [5.74, 6) is -0.466. The molecular formula is C13H15Br3N2O3. The number of hydrogen-bond donors (Lipinski definition) is 2. The molecule has 0 saturated heterocycles. The third-order valence-corrected chi connectivity index (χ3v) is 4.08. The van der Waals surface area contributed by atoms with Gasteiger partial charge in [0.1, 0.15) is 0 Å². The zero-order chi connectivity index (χ0) is 15.8. The summed E-state index contributed by atoms with van der Waals surface area (Å²) in [7, 11) is 0. The first kappa shape index (κ1) is 18.6. The van der Waals surface area contributed by atoms with Gasteiger partial charge in [0.25, 0.3) is 0 Å². The van der Waals surface area contributed by atoms with E-state index in [1.807, 2.05) is 12.1 Å². The van der Waals surface area contributed by atoms with Gasteiger partial charge in [0.15, 0.2) is 0 Å². The number of rotatable bonds is 7. The predicted octanol–water partition coefficient (Wildman–Crippen LogP) is 3.46. The van der Waals surface area contributed by atoms with Gasteiger partial charge in [0, 0.05) is 20.0 Å². The van der Waals surface area contributed by atoms with Crippen molar-refractivity contribution in [2.24, 2.45) is 0 Å². The van der Waals surface area contributed by atoms with Crippen molar-refractivity contribution in [3.05, 3.63) is 25.6 Å². The first-order valence-corrected chi connectivity index (χ1v) is 8.62. The monoisotopic (exact) mass is 484 g/mol. The number of ether oxygens (including phenoxy) is 1. The molecule has 0 bridgehead atoms. The number of hydrogen-bond acceptors (Lipinski definition) is 4. The van der Waals surface area contributed by atoms with Crippen LogP contribution < -0.4 is 10.6 Å². The van der Waals surface area contributed by atoms with Crippen LogP contribution in [-0.4, -0.2) is 31.6 Å². The van der Waals surface area contributed by atoms with Crippen LogP contribution >= 0.6 is 47.8 Å². The van der Waals surface area contributed by atoms with Crippen LogP contribution in [0.5, 0.6) is 0 Å². The molecule has 1 aromatic rings. The van der Waals surface area contributed by atoms with E-state index in [1.54, 1.807) is 6.92 Å². The Hall–Kier alpha value is -0.440. The minimum atomic E-state index is -0.274. The molecule has 0 atom stereocenters. The van der Waals surface area contributed by atoms with Crippen molar-refractivity contribution in [2.75, 3.05) is 25.0 Å². The highest BCUT2D eigenvalue weighted by Gasteiger charge is 2.10. The molecule has 8 heteroatoms. The Morgan fingerprint density at radius 2 is 1.81 bits per heavy atom. The van der Waals surface area contributed by atoms with E-state index in [1.165, 1.54) is 0 Å². The minimum Gasteiger partial charge on any atom is -0.466 e. The maximum absolute atomic E-state index is 11.8. The third-order valence-electron chi connectivity index (χ3n) is 2.37. The molecule has 0 fully saturated rings. The van der Waals surface area contributed by atoms with Gasteiger partial charge in [-0.2, -0.15) is 0 Å². The number of carbonyl (C=O) groups is 2. The molecule has 1 aromatic carbocycles. The quantitative estimate of drug-likeness (QED) is 0.457. The molecule has 116 valence electrons. The van der Waals surface area contributed by atoms with E-state index in [2.05, 4.69) is 58.4 Å². The highest BCUT2D eigenvalue weighted by atomic mass is 79.9. The van der Waals surface area contributed by atoms with Crippen molar-refractivity contribution in [3.63, 3.8) is 0 Å². The number of anilines is 1. The van der Waals surface area contributed by atoms with Gasteiger partial charge in [0.2, 0.25) is 5.91 Å². The highest BCUT2D eigenvalue weighted by molar-refractivity contribution is 9.11. The maximum Gasteiger partial charge on any atom is 0.307 e. The van der Waals surface area contributed by atoms with Crippen LogP contribution in [-0.2, 0) is 14.3 Å². The van der Waals surface area contributed by atoms with E-state index in [-0.39, 0.29) is 24.8 Å². The Labute approximate surface area is 148 Å². The summed E-state index contributed by atoms with van der Waals surface area (Å²) in [6.07, 6.45) is 0.243. The second-order valence-electron chi connectivity index (χ2n) is 4.02. The van der Waals surface area contributed by atoms with Crippen LogP contribution in [0.25, 0.3) is 0 Å². The number of esters is 1. The zero-order valence-electron chi connectivity index (χ0n) is 11.3. The molecule has 0 aromatic heterocycles. The van der Waals surface area contributed by atoms with Gasteiger partial charge >= 0.3 is 5.97 Å². The second-order valence-corrected chi connectivity index (χ2v) is 6.65. The molecular weight excluding hydrogens is 472 g/mol. The average molecular weight is 487 g/mol. The summed E-state index contributed by atoms with van der Waals surface area (Å²) in [6, 6.07) is 3.68. The summed E-state index contributed by atoms with van der Waals surface area (Å²) in [5, 5.41) is 5.68. The first-order chi connectivity index (χ1) is 9.93. The van der Waals surface area contributed by atoms with Crippen molar-refractivity contribution < 1.29 is 14.3 Å². The number of nitrogens with one attached hydrogen (secondary N) is 2. The molecule has 0 spiro atoms. The third kappa shape index (κ3) is 6.90. The molecule has 0 aliphatic carbocycles. The molecule has 0 radical (unpaired) electrons. The molecule has 1 amide bonds.